The van der Waals surface area contributed by atoms with Crippen molar-refractivity contribution in [2.45, 2.75) is 169 Å². The minimum absolute atomic E-state index is 0.00217. The lowest BCUT2D eigenvalue weighted by Crippen LogP contribution is -2.64. The number of phenols is 1. The largest absolute Gasteiger partial charge is 0.508 e. The predicted molar refractivity (Wildman–Crippen MR) is 230 cm³/mol. The molecule has 0 saturated carbocycles. The highest BCUT2D eigenvalue weighted by atomic mass is 16.3. The molecule has 2 aliphatic heterocycles. The third-order valence-corrected chi connectivity index (χ3v) is 10.9. The van der Waals surface area contributed by atoms with Crippen LogP contribution >= 0.6 is 0 Å². The maximum atomic E-state index is 14.5. The number of hydrogen-bond acceptors (Lipinski definition) is 8. The Morgan fingerprint density at radius 3 is 1.48 bits per heavy atom. The van der Waals surface area contributed by atoms with Gasteiger partial charge in [-0.15, -0.1) is 0 Å². The highest BCUT2D eigenvalue weighted by Gasteiger charge is 2.43. The molecule has 2 saturated heterocycles. The molecule has 1 aromatic rings. The van der Waals surface area contributed by atoms with Gasteiger partial charge in [-0.25, -0.2) is 0 Å². The Balaban J connectivity index is 2.21. The summed E-state index contributed by atoms with van der Waals surface area (Å²) >= 11 is 0. The average Bonchev–Trinajstić information content (AvgIpc) is 3.63. The number of fused-ring (bicyclic) bond motifs is 1. The summed E-state index contributed by atoms with van der Waals surface area (Å²) in [4.78, 5) is 101. The second-order valence-corrected chi connectivity index (χ2v) is 19.3. The topological polar surface area (TPSA) is 215 Å². The SMILES string of the molecule is CC(C)C[C@@H]1NC(=O)[C@@H](CC(C)C)NC(=O)[C@H](CC(C)C)NC(=O)[C@@](C)(CC(C)C)NC(=O)[C@H](Cc2ccc(O)cc2)NC(=O)[C@@H]2CCCN2C(=O)[C@H](CC(C)C)NC1=O. The minimum atomic E-state index is -1.55. The van der Waals surface area contributed by atoms with Crippen molar-refractivity contribution in [1.82, 2.24) is 36.8 Å². The van der Waals surface area contributed by atoms with E-state index >= 15 is 0 Å². The van der Waals surface area contributed by atoms with E-state index < -0.39 is 83.1 Å². The first-order valence-corrected chi connectivity index (χ1v) is 21.9. The summed E-state index contributed by atoms with van der Waals surface area (Å²) in [5.74, 6) is -4.23. The van der Waals surface area contributed by atoms with Crippen LogP contribution in [0.15, 0.2) is 24.3 Å². The third-order valence-electron chi connectivity index (χ3n) is 10.9. The van der Waals surface area contributed by atoms with E-state index in [2.05, 4.69) is 31.9 Å². The molecular formula is C45H73N7O8. The van der Waals surface area contributed by atoms with Gasteiger partial charge in [0.1, 0.15) is 47.5 Å². The van der Waals surface area contributed by atoms with Gasteiger partial charge in [-0.1, -0.05) is 81.4 Å². The highest BCUT2D eigenvalue weighted by Crippen LogP contribution is 2.23. The van der Waals surface area contributed by atoms with Crippen LogP contribution in [0.3, 0.4) is 0 Å². The molecule has 0 radical (unpaired) electrons. The quantitative estimate of drug-likeness (QED) is 0.165. The van der Waals surface area contributed by atoms with Crippen molar-refractivity contribution in [3.05, 3.63) is 29.8 Å². The monoisotopic (exact) mass is 840 g/mol. The van der Waals surface area contributed by atoms with Gasteiger partial charge in [-0.05, 0) is 99.2 Å². The van der Waals surface area contributed by atoms with E-state index in [1.165, 1.54) is 17.0 Å². The average molecular weight is 840 g/mol. The molecule has 2 aliphatic rings. The number of nitrogens with zero attached hydrogens (tertiary/aromatic N) is 1. The van der Waals surface area contributed by atoms with Crippen molar-refractivity contribution in [3.63, 3.8) is 0 Å². The number of phenolic OH excluding ortho intramolecular Hbond substituents is 1. The minimum Gasteiger partial charge on any atom is -0.508 e. The molecule has 7 N–H and O–H groups in total. The molecule has 0 unspecified atom stereocenters. The highest BCUT2D eigenvalue weighted by molar-refractivity contribution is 5.99. The Hall–Kier alpha value is -4.69. The number of nitrogens with one attached hydrogen (secondary N) is 6. The number of aromatic hydroxyl groups is 1. The zero-order chi connectivity index (χ0) is 45.1. The van der Waals surface area contributed by atoms with Gasteiger partial charge in [0.25, 0.3) is 0 Å². The molecule has 336 valence electrons. The van der Waals surface area contributed by atoms with Crippen LogP contribution in [0.25, 0.3) is 0 Å². The Morgan fingerprint density at radius 1 is 0.583 bits per heavy atom. The molecule has 7 atom stereocenters. The van der Waals surface area contributed by atoms with E-state index in [4.69, 9.17) is 0 Å². The summed E-state index contributed by atoms with van der Waals surface area (Å²) in [5.41, 5.74) is -0.932. The van der Waals surface area contributed by atoms with Gasteiger partial charge >= 0.3 is 0 Å². The Morgan fingerprint density at radius 2 is 1.02 bits per heavy atom. The van der Waals surface area contributed by atoms with Crippen LogP contribution in [0.1, 0.15) is 127 Å². The second kappa shape index (κ2) is 22.2. The lowest BCUT2D eigenvalue weighted by atomic mass is 9.88. The first-order valence-electron chi connectivity index (χ1n) is 21.9. The van der Waals surface area contributed by atoms with E-state index in [1.807, 2.05) is 69.2 Å². The lowest BCUT2D eigenvalue weighted by molar-refractivity contribution is -0.143. The summed E-state index contributed by atoms with van der Waals surface area (Å²) in [5, 5.41) is 27.3. The summed E-state index contributed by atoms with van der Waals surface area (Å²) in [6.45, 7) is 20.9. The molecule has 15 heteroatoms. The Labute approximate surface area is 357 Å². The van der Waals surface area contributed by atoms with Gasteiger partial charge in [-0.3, -0.25) is 33.6 Å². The van der Waals surface area contributed by atoms with E-state index in [-0.39, 0.29) is 80.4 Å². The zero-order valence-corrected chi connectivity index (χ0v) is 37.8. The molecule has 0 bridgehead atoms. The van der Waals surface area contributed by atoms with Gasteiger partial charge in [0.15, 0.2) is 0 Å². The van der Waals surface area contributed by atoms with Crippen LogP contribution < -0.4 is 31.9 Å². The molecule has 0 aromatic heterocycles. The normalized spacial score (nSPS) is 27.0. The fourth-order valence-corrected chi connectivity index (χ4v) is 8.16. The van der Waals surface area contributed by atoms with E-state index in [1.54, 1.807) is 19.1 Å². The second-order valence-electron chi connectivity index (χ2n) is 19.3. The van der Waals surface area contributed by atoms with Crippen molar-refractivity contribution in [2.75, 3.05) is 6.54 Å². The maximum Gasteiger partial charge on any atom is 0.246 e. The van der Waals surface area contributed by atoms with Crippen molar-refractivity contribution >= 4 is 41.4 Å². The van der Waals surface area contributed by atoms with Crippen LogP contribution in [-0.4, -0.2) is 99.7 Å². The van der Waals surface area contributed by atoms with E-state index in [0.717, 1.165) is 0 Å². The zero-order valence-electron chi connectivity index (χ0n) is 37.8. The fraction of sp³-hybridized carbons (Fsp3) is 0.711. The fourth-order valence-electron chi connectivity index (χ4n) is 8.16. The number of carbonyl (C=O) groups is 7. The first-order chi connectivity index (χ1) is 28.0. The summed E-state index contributed by atoms with van der Waals surface area (Å²) in [7, 11) is 0. The van der Waals surface area contributed by atoms with E-state index in [0.29, 0.717) is 18.4 Å². The van der Waals surface area contributed by atoms with Crippen LogP contribution in [0.5, 0.6) is 5.75 Å². The van der Waals surface area contributed by atoms with Crippen LogP contribution in [0.2, 0.25) is 0 Å². The van der Waals surface area contributed by atoms with Crippen LogP contribution in [0, 0.1) is 29.6 Å². The number of amides is 7. The van der Waals surface area contributed by atoms with Crippen molar-refractivity contribution < 1.29 is 38.7 Å². The molecule has 0 spiro atoms. The molecule has 0 aliphatic carbocycles. The number of hydrogen-bond donors (Lipinski definition) is 7. The van der Waals surface area contributed by atoms with Crippen molar-refractivity contribution in [3.8, 4) is 5.75 Å². The van der Waals surface area contributed by atoms with E-state index in [9.17, 15) is 38.7 Å². The first kappa shape index (κ1) is 49.7. The smallest absolute Gasteiger partial charge is 0.246 e. The molecule has 1 aromatic carbocycles. The summed E-state index contributed by atoms with van der Waals surface area (Å²) < 4.78 is 0. The van der Waals surface area contributed by atoms with Gasteiger partial charge in [0.2, 0.25) is 41.4 Å². The third kappa shape index (κ3) is 14.8. The van der Waals surface area contributed by atoms with Crippen molar-refractivity contribution in [2.24, 2.45) is 29.6 Å². The van der Waals surface area contributed by atoms with Gasteiger partial charge in [-0.2, -0.15) is 0 Å². The van der Waals surface area contributed by atoms with Gasteiger partial charge < -0.3 is 41.9 Å². The molecule has 60 heavy (non-hydrogen) atoms. The lowest BCUT2D eigenvalue weighted by Gasteiger charge is -2.35. The molecule has 3 rings (SSSR count). The molecule has 15 nitrogen and oxygen atoms in total. The van der Waals surface area contributed by atoms with Gasteiger partial charge in [0.05, 0.1) is 0 Å². The molecule has 7 amide bonds. The molecule has 2 heterocycles. The Bertz CT molecular complexity index is 1660. The molecule has 2 fully saturated rings. The number of carbonyl (C=O) groups excluding carboxylic acids is 7. The maximum absolute atomic E-state index is 14.5. The van der Waals surface area contributed by atoms with Crippen LogP contribution in [-0.2, 0) is 40.0 Å². The number of benzene rings is 1. The van der Waals surface area contributed by atoms with Gasteiger partial charge in [0, 0.05) is 13.0 Å². The Kier molecular flexibility index (Phi) is 18.4. The number of rotatable bonds is 12. The standard InChI is InChI=1S/C45H73N7O8/c1-25(2)19-32-38(54)46-33(20-26(3)4)39(55)49-36(22-28(7)8)43(59)52-18-12-13-37(52)42(58)48-35(23-30-14-16-31(53)17-15-30)41(57)51-45(11,24-29(9)10)44(60)50-34(21-27(5)6)40(56)47-32/h14-17,25-29,32-37,53H,12-13,18-24H2,1-11H3,(H,46,54)(H,47,56)(H,48,58)(H,49,55)(H,50,60)(H,51,57)/t32-,33+,34+,35+,36+,37+,45-/m1/s1. The molecular weight excluding hydrogens is 767 g/mol. The summed E-state index contributed by atoms with van der Waals surface area (Å²) in [6, 6.07) is -0.149. The van der Waals surface area contributed by atoms with Crippen molar-refractivity contribution in [1.29, 1.82) is 0 Å². The van der Waals surface area contributed by atoms with Crippen LogP contribution in [0.4, 0.5) is 0 Å². The predicted octanol–water partition coefficient (Wildman–Crippen LogP) is 3.47. The summed E-state index contributed by atoms with van der Waals surface area (Å²) in [6.07, 6.45) is 1.99.